The molecule has 0 radical (unpaired) electrons. The van der Waals surface area contributed by atoms with E-state index >= 15 is 0 Å². The average molecular weight is 293 g/mol. The third kappa shape index (κ3) is 3.78. The van der Waals surface area contributed by atoms with E-state index in [0.717, 1.165) is 21.9 Å². The smallest absolute Gasteiger partial charge is 0.102 e. The highest BCUT2D eigenvalue weighted by molar-refractivity contribution is 7.99. The first kappa shape index (κ1) is 15.0. The molecule has 0 aliphatic heterocycles. The van der Waals surface area contributed by atoms with Crippen LogP contribution < -0.4 is 5.32 Å². The van der Waals surface area contributed by atoms with Crippen LogP contribution in [0.2, 0.25) is 0 Å². The lowest BCUT2D eigenvalue weighted by Crippen LogP contribution is -2.02. The van der Waals surface area contributed by atoms with Gasteiger partial charge in [0.15, 0.2) is 0 Å². The molecule has 0 spiro atoms. The van der Waals surface area contributed by atoms with Crippen molar-refractivity contribution in [3.63, 3.8) is 0 Å². The Morgan fingerprint density at radius 3 is 2.43 bits per heavy atom. The fraction of sp³-hybridized carbons (Fsp3) is 0.176. The monoisotopic (exact) mass is 293 g/mol. The lowest BCUT2D eigenvalue weighted by Gasteiger charge is -2.11. The van der Waals surface area contributed by atoms with Gasteiger partial charge in [0.25, 0.3) is 0 Å². The van der Waals surface area contributed by atoms with Crippen molar-refractivity contribution in [1.29, 1.82) is 10.5 Å². The Morgan fingerprint density at radius 2 is 1.81 bits per heavy atom. The quantitative estimate of drug-likeness (QED) is 0.841. The summed E-state index contributed by atoms with van der Waals surface area (Å²) in [6, 6.07) is 17.7. The molecule has 104 valence electrons. The summed E-state index contributed by atoms with van der Waals surface area (Å²) in [5.74, 6) is 0.938. The maximum atomic E-state index is 9.35. The largest absolute Gasteiger partial charge is 0.380 e. The molecule has 2 rings (SSSR count). The third-order valence-electron chi connectivity index (χ3n) is 3.00. The Kier molecular flexibility index (Phi) is 5.26. The fourth-order valence-electron chi connectivity index (χ4n) is 1.96. The Hall–Kier alpha value is -2.43. The Bertz CT molecular complexity index is 693. The van der Waals surface area contributed by atoms with Gasteiger partial charge >= 0.3 is 0 Å². The first-order chi connectivity index (χ1) is 10.3. The van der Waals surface area contributed by atoms with Gasteiger partial charge in [-0.25, -0.2) is 0 Å². The Balaban J connectivity index is 2.14. The van der Waals surface area contributed by atoms with E-state index < -0.39 is 0 Å². The summed E-state index contributed by atoms with van der Waals surface area (Å²) in [4.78, 5) is 1.00. The van der Waals surface area contributed by atoms with Gasteiger partial charge in [-0.05, 0) is 35.6 Å². The van der Waals surface area contributed by atoms with Crippen molar-refractivity contribution in [2.45, 2.75) is 18.4 Å². The molecule has 3 nitrogen and oxygen atoms in total. The van der Waals surface area contributed by atoms with E-state index in [2.05, 4.69) is 24.4 Å². The van der Waals surface area contributed by atoms with E-state index in [-0.39, 0.29) is 0 Å². The number of nitrogens with one attached hydrogen (secondary N) is 1. The predicted octanol–water partition coefficient (Wildman–Crippen LogP) is 4.15. The molecule has 0 fully saturated rings. The van der Waals surface area contributed by atoms with Crippen LogP contribution in [0.1, 0.15) is 23.6 Å². The zero-order valence-electron chi connectivity index (χ0n) is 11.8. The van der Waals surface area contributed by atoms with Crippen LogP contribution in [0.25, 0.3) is 0 Å². The Morgan fingerprint density at radius 1 is 1.05 bits per heavy atom. The topological polar surface area (TPSA) is 59.6 Å². The number of nitriles is 2. The van der Waals surface area contributed by atoms with Crippen LogP contribution in [0.4, 0.5) is 5.69 Å². The molecule has 0 saturated heterocycles. The minimum Gasteiger partial charge on any atom is -0.380 e. The van der Waals surface area contributed by atoms with Crippen molar-refractivity contribution >= 4 is 17.4 Å². The first-order valence-electron chi connectivity index (χ1n) is 6.67. The molecule has 4 heteroatoms. The molecular formula is C17H15N3S. The van der Waals surface area contributed by atoms with Gasteiger partial charge < -0.3 is 5.32 Å². The molecule has 2 aromatic rings. The molecule has 0 bridgehead atoms. The molecule has 0 amide bonds. The minimum absolute atomic E-state index is 0.626. The molecular weight excluding hydrogens is 278 g/mol. The van der Waals surface area contributed by atoms with Gasteiger partial charge in [0.05, 0.1) is 22.9 Å². The van der Waals surface area contributed by atoms with Crippen LogP contribution in [0.15, 0.2) is 47.4 Å². The third-order valence-corrected chi connectivity index (χ3v) is 3.94. The van der Waals surface area contributed by atoms with Gasteiger partial charge in [0.2, 0.25) is 0 Å². The second-order valence-electron chi connectivity index (χ2n) is 4.39. The molecule has 2 aromatic carbocycles. The van der Waals surface area contributed by atoms with Crippen LogP contribution in [-0.4, -0.2) is 5.75 Å². The number of hydrogen-bond donors (Lipinski definition) is 1. The van der Waals surface area contributed by atoms with Gasteiger partial charge in [-0.2, -0.15) is 10.5 Å². The van der Waals surface area contributed by atoms with E-state index in [1.165, 1.54) is 0 Å². The summed E-state index contributed by atoms with van der Waals surface area (Å²) in [6.45, 7) is 2.70. The van der Waals surface area contributed by atoms with Gasteiger partial charge in [-0.15, -0.1) is 11.8 Å². The molecule has 21 heavy (non-hydrogen) atoms. The molecule has 0 aliphatic carbocycles. The van der Waals surface area contributed by atoms with E-state index in [1.54, 1.807) is 23.9 Å². The number of benzene rings is 2. The molecule has 0 aromatic heterocycles. The first-order valence-corrected chi connectivity index (χ1v) is 7.66. The highest BCUT2D eigenvalue weighted by atomic mass is 32.2. The zero-order valence-corrected chi connectivity index (χ0v) is 12.6. The van der Waals surface area contributed by atoms with Crippen LogP contribution >= 0.6 is 11.8 Å². The lowest BCUT2D eigenvalue weighted by atomic mass is 10.1. The number of anilines is 1. The Labute approximate surface area is 129 Å². The number of thioether (sulfide) groups is 1. The SMILES string of the molecule is CCSc1cccc(NCc2ccc(C#N)cc2)c1C#N. The second kappa shape index (κ2) is 7.38. The van der Waals surface area contributed by atoms with Crippen LogP contribution in [0, 0.1) is 22.7 Å². The van der Waals surface area contributed by atoms with Crippen molar-refractivity contribution in [3.05, 3.63) is 59.2 Å². The number of nitrogens with zero attached hydrogens (tertiary/aromatic N) is 2. The normalized spacial score (nSPS) is 9.67. The second-order valence-corrected chi connectivity index (χ2v) is 5.69. The highest BCUT2D eigenvalue weighted by Gasteiger charge is 2.07. The molecule has 0 atom stereocenters. The van der Waals surface area contributed by atoms with Crippen molar-refractivity contribution in [3.8, 4) is 12.1 Å². The number of rotatable bonds is 5. The fourth-order valence-corrected chi connectivity index (χ4v) is 2.75. The van der Waals surface area contributed by atoms with E-state index in [0.29, 0.717) is 17.7 Å². The van der Waals surface area contributed by atoms with Crippen molar-refractivity contribution in [1.82, 2.24) is 0 Å². The summed E-state index contributed by atoms with van der Waals surface area (Å²) in [5, 5.41) is 21.4. The minimum atomic E-state index is 0.626. The molecule has 1 N–H and O–H groups in total. The van der Waals surface area contributed by atoms with Crippen LogP contribution in [0.5, 0.6) is 0 Å². The maximum Gasteiger partial charge on any atom is 0.102 e. The van der Waals surface area contributed by atoms with Gasteiger partial charge in [0.1, 0.15) is 6.07 Å². The molecule has 0 saturated carbocycles. The zero-order chi connectivity index (χ0) is 15.1. The van der Waals surface area contributed by atoms with E-state index in [4.69, 9.17) is 5.26 Å². The summed E-state index contributed by atoms with van der Waals surface area (Å²) in [6.07, 6.45) is 0. The standard InChI is InChI=1S/C17H15N3S/c1-2-21-17-5-3-4-16(15(17)11-19)20-12-14-8-6-13(10-18)7-9-14/h3-9,20H,2,12H2,1H3. The average Bonchev–Trinajstić information content (AvgIpc) is 2.54. The summed E-state index contributed by atoms with van der Waals surface area (Å²) in [7, 11) is 0. The number of hydrogen-bond acceptors (Lipinski definition) is 4. The molecule has 0 unspecified atom stereocenters. The van der Waals surface area contributed by atoms with E-state index in [9.17, 15) is 5.26 Å². The summed E-state index contributed by atoms with van der Waals surface area (Å²) >= 11 is 1.67. The molecule has 0 heterocycles. The molecule has 0 aliphatic rings. The highest BCUT2D eigenvalue weighted by Crippen LogP contribution is 2.28. The summed E-state index contributed by atoms with van der Waals surface area (Å²) < 4.78 is 0. The lowest BCUT2D eigenvalue weighted by molar-refractivity contribution is 1.14. The van der Waals surface area contributed by atoms with Crippen molar-refractivity contribution < 1.29 is 0 Å². The van der Waals surface area contributed by atoms with Crippen LogP contribution in [-0.2, 0) is 6.54 Å². The summed E-state index contributed by atoms with van der Waals surface area (Å²) in [5.41, 5.74) is 3.27. The van der Waals surface area contributed by atoms with Crippen molar-refractivity contribution in [2.75, 3.05) is 11.1 Å². The van der Waals surface area contributed by atoms with Gasteiger partial charge in [-0.3, -0.25) is 0 Å². The van der Waals surface area contributed by atoms with Gasteiger partial charge in [0, 0.05) is 11.4 Å². The van der Waals surface area contributed by atoms with Gasteiger partial charge in [-0.1, -0.05) is 25.1 Å². The van der Waals surface area contributed by atoms with E-state index in [1.807, 2.05) is 30.3 Å². The van der Waals surface area contributed by atoms with Crippen molar-refractivity contribution in [2.24, 2.45) is 0 Å². The van der Waals surface area contributed by atoms with Crippen LogP contribution in [0.3, 0.4) is 0 Å². The maximum absolute atomic E-state index is 9.35. The predicted molar refractivity (Wildman–Crippen MR) is 86.0 cm³/mol.